The van der Waals surface area contributed by atoms with Crippen LogP contribution in [0.4, 0.5) is 13.2 Å². The van der Waals surface area contributed by atoms with Crippen LogP contribution < -0.4 is 0 Å². The van der Waals surface area contributed by atoms with Crippen LogP contribution in [0.3, 0.4) is 0 Å². The van der Waals surface area contributed by atoms with E-state index < -0.39 is 17.2 Å². The van der Waals surface area contributed by atoms with Gasteiger partial charge in [0.25, 0.3) is 0 Å². The van der Waals surface area contributed by atoms with Crippen molar-refractivity contribution in [2.75, 3.05) is 40.0 Å². The van der Waals surface area contributed by atoms with Crippen molar-refractivity contribution in [1.29, 1.82) is 0 Å². The summed E-state index contributed by atoms with van der Waals surface area (Å²) >= 11 is 0. The molecule has 2 aromatic rings. The number of esters is 1. The Bertz CT molecular complexity index is 1060. The summed E-state index contributed by atoms with van der Waals surface area (Å²) in [7, 11) is 1.46. The third-order valence-electron chi connectivity index (χ3n) is 8.68. The fraction of sp³-hybridized carbons (Fsp3) is 0.654. The van der Waals surface area contributed by atoms with E-state index in [1.165, 1.54) is 13.2 Å². The van der Waals surface area contributed by atoms with Crippen molar-refractivity contribution in [2.45, 2.75) is 51.1 Å². The van der Waals surface area contributed by atoms with Crippen LogP contribution in [0.5, 0.6) is 0 Å². The van der Waals surface area contributed by atoms with Gasteiger partial charge in [-0.3, -0.25) is 4.79 Å². The number of methoxy groups -OCH3 is 1. The first-order chi connectivity index (χ1) is 16.2. The molecule has 0 spiro atoms. The molecular formula is C26H33F3N2O3. The Morgan fingerprint density at radius 3 is 2.76 bits per heavy atom. The van der Waals surface area contributed by atoms with Gasteiger partial charge in [-0.1, -0.05) is 6.92 Å². The van der Waals surface area contributed by atoms with Gasteiger partial charge in [-0.25, -0.2) is 0 Å². The molecule has 1 aromatic heterocycles. The molecule has 186 valence electrons. The number of nitrogens with zero attached hydrogens (tertiary/aromatic N) is 1. The van der Waals surface area contributed by atoms with E-state index in [-0.39, 0.29) is 11.9 Å². The maximum absolute atomic E-state index is 13.4. The topological polar surface area (TPSA) is 54.6 Å². The van der Waals surface area contributed by atoms with Crippen molar-refractivity contribution in [3.63, 3.8) is 0 Å². The molecule has 2 fully saturated rings. The molecule has 2 saturated heterocycles. The molecule has 1 aliphatic carbocycles. The lowest BCUT2D eigenvalue weighted by atomic mass is 9.68. The zero-order chi connectivity index (χ0) is 24.1. The maximum Gasteiger partial charge on any atom is 0.416 e. The lowest BCUT2D eigenvalue weighted by Gasteiger charge is -2.45. The smallest absolute Gasteiger partial charge is 0.416 e. The monoisotopic (exact) mass is 478 g/mol. The molecule has 0 radical (unpaired) electrons. The lowest BCUT2D eigenvalue weighted by molar-refractivity contribution is -0.159. The van der Waals surface area contributed by atoms with E-state index in [0.717, 1.165) is 61.7 Å². The molecular weight excluding hydrogens is 445 g/mol. The van der Waals surface area contributed by atoms with Crippen LogP contribution >= 0.6 is 0 Å². The van der Waals surface area contributed by atoms with Gasteiger partial charge in [-0.05, 0) is 86.7 Å². The first-order valence-electron chi connectivity index (χ1n) is 12.3. The van der Waals surface area contributed by atoms with E-state index in [1.807, 2.05) is 0 Å². The summed E-state index contributed by atoms with van der Waals surface area (Å²) < 4.78 is 50.7. The van der Waals surface area contributed by atoms with Gasteiger partial charge in [0.15, 0.2) is 0 Å². The number of hydrogen-bond donors (Lipinski definition) is 1. The van der Waals surface area contributed by atoms with Crippen molar-refractivity contribution < 1.29 is 27.4 Å². The number of alkyl halides is 3. The molecule has 8 heteroatoms. The van der Waals surface area contributed by atoms with Gasteiger partial charge < -0.3 is 19.4 Å². The number of nitrogens with one attached hydrogen (secondary N) is 1. The summed E-state index contributed by atoms with van der Waals surface area (Å²) in [5.41, 5.74) is 1.88. The van der Waals surface area contributed by atoms with Crippen LogP contribution in [-0.4, -0.2) is 55.8 Å². The fourth-order valence-electron chi connectivity index (χ4n) is 6.63. The molecule has 5 rings (SSSR count). The average molecular weight is 479 g/mol. The highest BCUT2D eigenvalue weighted by Gasteiger charge is 2.43. The Balaban J connectivity index is 1.34. The largest absolute Gasteiger partial charge is 0.469 e. The molecule has 2 aliphatic heterocycles. The summed E-state index contributed by atoms with van der Waals surface area (Å²) in [5, 5.41) is 0.708. The second kappa shape index (κ2) is 8.86. The summed E-state index contributed by atoms with van der Waals surface area (Å²) in [4.78, 5) is 18.5. The molecule has 0 unspecified atom stereocenters. The summed E-state index contributed by atoms with van der Waals surface area (Å²) in [6, 6.07) is 4.05. The zero-order valence-corrected chi connectivity index (χ0v) is 19.8. The average Bonchev–Trinajstić information content (AvgIpc) is 3.20. The normalized spacial score (nSPS) is 27.3. The van der Waals surface area contributed by atoms with Crippen LogP contribution in [0, 0.1) is 17.3 Å². The quantitative estimate of drug-likeness (QED) is 0.618. The summed E-state index contributed by atoms with van der Waals surface area (Å²) in [5.74, 6) is 0.942. The second-order valence-electron chi connectivity index (χ2n) is 10.4. The highest BCUT2D eigenvalue weighted by molar-refractivity contribution is 5.86. The van der Waals surface area contributed by atoms with Gasteiger partial charge in [-0.2, -0.15) is 13.2 Å². The molecule has 3 heterocycles. The van der Waals surface area contributed by atoms with Crippen LogP contribution in [0.15, 0.2) is 18.2 Å². The summed E-state index contributed by atoms with van der Waals surface area (Å²) in [6.45, 7) is 6.05. The second-order valence-corrected chi connectivity index (χ2v) is 10.4. The number of fused-ring (bicyclic) bond motifs is 4. The Kier molecular flexibility index (Phi) is 6.17. The van der Waals surface area contributed by atoms with Crippen molar-refractivity contribution in [2.24, 2.45) is 17.3 Å². The molecule has 0 amide bonds. The number of aromatic nitrogens is 1. The molecule has 3 atom stereocenters. The van der Waals surface area contributed by atoms with Gasteiger partial charge in [0.2, 0.25) is 0 Å². The van der Waals surface area contributed by atoms with E-state index in [4.69, 9.17) is 9.47 Å². The zero-order valence-electron chi connectivity index (χ0n) is 19.8. The number of piperidine rings is 1. The number of hydrogen-bond acceptors (Lipinski definition) is 4. The highest BCUT2D eigenvalue weighted by Crippen LogP contribution is 2.47. The van der Waals surface area contributed by atoms with Crippen LogP contribution in [0.2, 0.25) is 0 Å². The van der Waals surface area contributed by atoms with Crippen LogP contribution in [-0.2, 0) is 26.9 Å². The minimum Gasteiger partial charge on any atom is -0.469 e. The first-order valence-corrected chi connectivity index (χ1v) is 12.3. The van der Waals surface area contributed by atoms with Crippen molar-refractivity contribution in [3.8, 4) is 0 Å². The third kappa shape index (κ3) is 4.13. The minimum atomic E-state index is -4.35. The van der Waals surface area contributed by atoms with Gasteiger partial charge >= 0.3 is 12.1 Å². The molecule has 34 heavy (non-hydrogen) atoms. The Hall–Kier alpha value is -2.06. The summed E-state index contributed by atoms with van der Waals surface area (Å²) in [6.07, 6.45) is -0.266. The number of H-pyrrole nitrogens is 1. The molecule has 1 aromatic carbocycles. The highest BCUT2D eigenvalue weighted by atomic mass is 19.4. The number of likely N-dealkylation sites (tertiary alicyclic amines) is 1. The van der Waals surface area contributed by atoms with Crippen LogP contribution in [0.1, 0.15) is 55.3 Å². The minimum absolute atomic E-state index is 0.138. The maximum atomic E-state index is 13.4. The number of aromatic amines is 1. The Morgan fingerprint density at radius 1 is 1.29 bits per heavy atom. The van der Waals surface area contributed by atoms with Crippen molar-refractivity contribution in [3.05, 3.63) is 35.0 Å². The van der Waals surface area contributed by atoms with E-state index in [1.54, 1.807) is 6.07 Å². The van der Waals surface area contributed by atoms with E-state index in [9.17, 15) is 18.0 Å². The van der Waals surface area contributed by atoms with Crippen LogP contribution in [0.25, 0.3) is 10.9 Å². The Labute approximate surface area is 198 Å². The van der Waals surface area contributed by atoms with Gasteiger partial charge in [0.05, 0.1) is 18.1 Å². The number of benzene rings is 1. The van der Waals surface area contributed by atoms with E-state index in [2.05, 4.69) is 16.8 Å². The molecule has 0 bridgehead atoms. The number of ether oxygens (including phenoxy) is 2. The van der Waals surface area contributed by atoms with Gasteiger partial charge in [0, 0.05) is 36.4 Å². The SMILES string of the molecule is COC(=O)C1(CCN2CC[C@@H]3Cc4[nH]c5ccc(C(F)(F)F)cc5c4[C@H](C)[C@H]3C2)CCOCC1. The first kappa shape index (κ1) is 23.7. The third-order valence-corrected chi connectivity index (χ3v) is 8.68. The van der Waals surface area contributed by atoms with Gasteiger partial charge in [0.1, 0.15) is 0 Å². The number of carbonyl (C=O) groups is 1. The molecule has 3 aliphatic rings. The van der Waals surface area contributed by atoms with Crippen molar-refractivity contribution in [1.82, 2.24) is 9.88 Å². The van der Waals surface area contributed by atoms with Crippen molar-refractivity contribution >= 4 is 16.9 Å². The standard InChI is InChI=1S/C26H33F3N2O3/c1-16-20-15-31(10-6-25(24(32)33-2)7-11-34-12-8-25)9-5-17(20)13-22-23(16)19-14-18(26(27,28)29)3-4-21(19)30-22/h3-4,14,16-17,20,30H,5-13,15H2,1-2H3/t16-,17-,20-/m1/s1. The van der Waals surface area contributed by atoms with E-state index in [0.29, 0.717) is 43.3 Å². The fourth-order valence-corrected chi connectivity index (χ4v) is 6.63. The molecule has 0 saturated carbocycles. The molecule has 1 N–H and O–H groups in total. The number of rotatable bonds is 4. The predicted octanol–water partition coefficient (Wildman–Crippen LogP) is 5.14. The number of halogens is 3. The number of carbonyl (C=O) groups excluding carboxylic acids is 1. The van der Waals surface area contributed by atoms with Gasteiger partial charge in [-0.15, -0.1) is 0 Å². The van der Waals surface area contributed by atoms with E-state index >= 15 is 0 Å². The Morgan fingerprint density at radius 2 is 2.06 bits per heavy atom. The molecule has 5 nitrogen and oxygen atoms in total. The predicted molar refractivity (Wildman–Crippen MR) is 123 cm³/mol. The lowest BCUT2D eigenvalue weighted by Crippen LogP contribution is -2.47.